The molecule has 0 unspecified atom stereocenters. The molecule has 4 aromatic carbocycles. The van der Waals surface area contributed by atoms with E-state index in [4.69, 9.17) is 33.2 Å². The Bertz CT molecular complexity index is 2030. The number of amides is 1. The van der Waals surface area contributed by atoms with E-state index in [1.165, 1.54) is 41.6 Å². The minimum atomic E-state index is -0.685. The molecule has 4 aromatic rings. The van der Waals surface area contributed by atoms with Gasteiger partial charge in [0, 0.05) is 29.6 Å². The fraction of sp³-hybridized carbons (Fsp3) is 0.282. The van der Waals surface area contributed by atoms with Crippen molar-refractivity contribution < 1.29 is 47.7 Å². The quantitative estimate of drug-likeness (QED) is 0.0872. The highest BCUT2D eigenvalue weighted by Gasteiger charge is 2.34. The topological polar surface area (TPSA) is 157 Å². The van der Waals surface area contributed by atoms with Crippen LogP contribution in [0.3, 0.4) is 0 Å². The van der Waals surface area contributed by atoms with Crippen LogP contribution in [0.4, 0.5) is 21.9 Å². The second-order valence-electron chi connectivity index (χ2n) is 12.7. The Balaban J connectivity index is 1.69. The molecular formula is C39H41N3O11. The summed E-state index contributed by atoms with van der Waals surface area (Å²) in [5.41, 5.74) is 3.21. The van der Waals surface area contributed by atoms with Gasteiger partial charge in [0.05, 0.1) is 46.0 Å². The number of rotatable bonds is 12. The van der Waals surface area contributed by atoms with E-state index in [1.807, 2.05) is 0 Å². The first kappa shape index (κ1) is 37.8. The molecular weight excluding hydrogens is 686 g/mol. The van der Waals surface area contributed by atoms with Gasteiger partial charge in [-0.15, -0.1) is 0 Å². The van der Waals surface area contributed by atoms with Crippen LogP contribution in [0.25, 0.3) is 5.57 Å². The fourth-order valence-corrected chi connectivity index (χ4v) is 5.91. The molecule has 5 rings (SSSR count). The standard InChI is InChI=1S/C39H41N3O11/c1-39(2,3)53-38(44)40-26-13-15-27(16-14-26)41-21-25-19-31(52-22-23-11-9-10-12-29(23)42(45)46)30(47-4)20-28(25)34(35(41)37(43)51-8)24-17-32(48-5)36(50-7)33(18-24)49-6/h9-20H,21-22H2,1-8H3,(H,40,44). The summed E-state index contributed by atoms with van der Waals surface area (Å²) in [6, 6.07) is 20.2. The Morgan fingerprint density at radius 2 is 1.47 bits per heavy atom. The van der Waals surface area contributed by atoms with Crippen molar-refractivity contribution >= 4 is 34.7 Å². The largest absolute Gasteiger partial charge is 0.493 e. The zero-order chi connectivity index (χ0) is 38.4. The molecule has 278 valence electrons. The molecule has 14 nitrogen and oxygen atoms in total. The van der Waals surface area contributed by atoms with Crippen LogP contribution >= 0.6 is 0 Å². The molecule has 0 saturated heterocycles. The van der Waals surface area contributed by atoms with Gasteiger partial charge in [0.2, 0.25) is 5.75 Å². The summed E-state index contributed by atoms with van der Waals surface area (Å²) in [6.07, 6.45) is -0.612. The van der Waals surface area contributed by atoms with Gasteiger partial charge in [-0.05, 0) is 92.1 Å². The van der Waals surface area contributed by atoms with Gasteiger partial charge in [0.15, 0.2) is 23.0 Å². The molecule has 0 spiro atoms. The maximum atomic E-state index is 13.9. The molecule has 14 heteroatoms. The number of nitro benzene ring substituents is 1. The van der Waals surface area contributed by atoms with E-state index in [0.29, 0.717) is 62.4 Å². The maximum Gasteiger partial charge on any atom is 0.412 e. The van der Waals surface area contributed by atoms with Gasteiger partial charge in [0.1, 0.15) is 17.9 Å². The molecule has 0 bridgehead atoms. The molecule has 1 N–H and O–H groups in total. The minimum absolute atomic E-state index is 0.0736. The van der Waals surface area contributed by atoms with Crippen LogP contribution in [0, 0.1) is 10.1 Å². The van der Waals surface area contributed by atoms with Crippen LogP contribution in [0.15, 0.2) is 78.5 Å². The van der Waals surface area contributed by atoms with Gasteiger partial charge in [-0.1, -0.05) is 12.1 Å². The fourth-order valence-electron chi connectivity index (χ4n) is 5.91. The maximum absolute atomic E-state index is 13.9. The molecule has 1 amide bonds. The van der Waals surface area contributed by atoms with Gasteiger partial charge in [-0.2, -0.15) is 0 Å². The number of hydrogen-bond acceptors (Lipinski definition) is 12. The molecule has 0 fully saturated rings. The summed E-state index contributed by atoms with van der Waals surface area (Å²) in [7, 11) is 7.26. The normalized spacial score (nSPS) is 12.3. The van der Waals surface area contributed by atoms with E-state index in [0.717, 1.165) is 5.56 Å². The number of para-hydroxylation sites is 1. The van der Waals surface area contributed by atoms with Crippen LogP contribution < -0.4 is 33.9 Å². The van der Waals surface area contributed by atoms with Crippen LogP contribution in [-0.2, 0) is 27.4 Å². The average Bonchev–Trinajstić information content (AvgIpc) is 3.14. The van der Waals surface area contributed by atoms with Crippen molar-refractivity contribution in [2.75, 3.05) is 45.8 Å². The van der Waals surface area contributed by atoms with Crippen molar-refractivity contribution in [2.24, 2.45) is 0 Å². The number of nitrogens with one attached hydrogen (secondary N) is 1. The van der Waals surface area contributed by atoms with E-state index >= 15 is 0 Å². The number of carbonyl (C=O) groups is 2. The average molecular weight is 728 g/mol. The van der Waals surface area contributed by atoms with Crippen molar-refractivity contribution in [3.63, 3.8) is 0 Å². The van der Waals surface area contributed by atoms with Gasteiger partial charge in [-0.3, -0.25) is 15.4 Å². The second kappa shape index (κ2) is 15.8. The predicted molar refractivity (Wildman–Crippen MR) is 197 cm³/mol. The van der Waals surface area contributed by atoms with Gasteiger partial charge >= 0.3 is 12.1 Å². The third kappa shape index (κ3) is 8.22. The van der Waals surface area contributed by atoms with Crippen molar-refractivity contribution in [3.8, 4) is 28.7 Å². The van der Waals surface area contributed by atoms with Gasteiger partial charge in [0.25, 0.3) is 5.69 Å². The number of carbonyl (C=O) groups excluding carboxylic acids is 2. The smallest absolute Gasteiger partial charge is 0.412 e. The lowest BCUT2D eigenvalue weighted by atomic mass is 9.87. The number of anilines is 2. The zero-order valence-corrected chi connectivity index (χ0v) is 30.7. The first-order valence-electron chi connectivity index (χ1n) is 16.4. The Labute approximate surface area is 306 Å². The van der Waals surface area contributed by atoms with Gasteiger partial charge in [-0.25, -0.2) is 9.59 Å². The summed E-state index contributed by atoms with van der Waals surface area (Å²) < 4.78 is 39.6. The number of benzene rings is 4. The molecule has 1 heterocycles. The van der Waals surface area contributed by atoms with E-state index in [2.05, 4.69) is 5.32 Å². The van der Waals surface area contributed by atoms with Crippen molar-refractivity contribution in [1.82, 2.24) is 0 Å². The Morgan fingerprint density at radius 3 is 2.04 bits per heavy atom. The summed E-state index contributed by atoms with van der Waals surface area (Å²) in [5, 5.41) is 14.4. The lowest BCUT2D eigenvalue weighted by Gasteiger charge is -2.35. The van der Waals surface area contributed by atoms with Crippen molar-refractivity contribution in [2.45, 2.75) is 39.5 Å². The van der Waals surface area contributed by atoms with Crippen LogP contribution in [0.5, 0.6) is 28.7 Å². The molecule has 0 aliphatic carbocycles. The van der Waals surface area contributed by atoms with Crippen LogP contribution in [0.2, 0.25) is 0 Å². The van der Waals surface area contributed by atoms with E-state index < -0.39 is 22.6 Å². The summed E-state index contributed by atoms with van der Waals surface area (Å²) >= 11 is 0. The van der Waals surface area contributed by atoms with Gasteiger partial charge < -0.3 is 38.1 Å². The summed E-state index contributed by atoms with van der Waals surface area (Å²) in [6.45, 7) is 5.37. The first-order valence-corrected chi connectivity index (χ1v) is 16.4. The van der Waals surface area contributed by atoms with E-state index in [1.54, 1.807) is 92.4 Å². The first-order chi connectivity index (χ1) is 25.3. The number of esters is 1. The van der Waals surface area contributed by atoms with E-state index in [-0.39, 0.29) is 24.5 Å². The van der Waals surface area contributed by atoms with Crippen molar-refractivity contribution in [1.29, 1.82) is 0 Å². The van der Waals surface area contributed by atoms with E-state index in [9.17, 15) is 19.7 Å². The van der Waals surface area contributed by atoms with Crippen LogP contribution in [0.1, 0.15) is 43.0 Å². The Kier molecular flexibility index (Phi) is 11.3. The Morgan fingerprint density at radius 1 is 0.830 bits per heavy atom. The third-order valence-electron chi connectivity index (χ3n) is 8.22. The number of nitrogens with zero attached hydrogens (tertiary/aromatic N) is 2. The molecule has 0 aromatic heterocycles. The predicted octanol–water partition coefficient (Wildman–Crippen LogP) is 7.51. The lowest BCUT2D eigenvalue weighted by molar-refractivity contribution is -0.385. The molecule has 53 heavy (non-hydrogen) atoms. The highest BCUT2D eigenvalue weighted by molar-refractivity contribution is 6.07. The molecule has 1 aliphatic rings. The second-order valence-corrected chi connectivity index (χ2v) is 12.7. The minimum Gasteiger partial charge on any atom is -0.493 e. The monoisotopic (exact) mass is 727 g/mol. The van der Waals surface area contributed by atoms with Crippen molar-refractivity contribution in [3.05, 3.63) is 111 Å². The Hall–Kier alpha value is -6.44. The molecule has 0 atom stereocenters. The highest BCUT2D eigenvalue weighted by Crippen LogP contribution is 2.47. The third-order valence-corrected chi connectivity index (χ3v) is 8.22. The number of nitro groups is 1. The van der Waals surface area contributed by atoms with Crippen LogP contribution in [-0.4, -0.2) is 58.1 Å². The molecule has 0 radical (unpaired) electrons. The number of hydrogen-bond donors (Lipinski definition) is 1. The summed E-state index contributed by atoms with van der Waals surface area (Å²) in [5.74, 6) is 1.08. The molecule has 1 aliphatic heterocycles. The highest BCUT2D eigenvalue weighted by atomic mass is 16.6. The number of methoxy groups -OCH3 is 5. The lowest BCUT2D eigenvalue weighted by Crippen LogP contribution is -2.33. The zero-order valence-electron chi connectivity index (χ0n) is 30.7. The SMILES string of the molecule is COC(=O)C1=C(c2cc(OC)c(OC)c(OC)c2)c2cc(OC)c(OCc3ccccc3[N+](=O)[O-])cc2CN1c1ccc(NC(=O)OC(C)(C)C)cc1. The molecule has 0 saturated carbocycles. The number of fused-ring (bicyclic) bond motifs is 1. The number of ether oxygens (including phenoxy) is 7. The summed E-state index contributed by atoms with van der Waals surface area (Å²) in [4.78, 5) is 39.4.